The van der Waals surface area contributed by atoms with Crippen LogP contribution >= 0.6 is 0 Å². The second-order valence-electron chi connectivity index (χ2n) is 9.05. The molecule has 0 heterocycles. The molecule has 0 saturated carbocycles. The first-order valence-electron chi connectivity index (χ1n) is 11.6. The van der Waals surface area contributed by atoms with Gasteiger partial charge in [-0.2, -0.15) is 0 Å². The summed E-state index contributed by atoms with van der Waals surface area (Å²) in [6, 6.07) is 25.3. The molecule has 0 aliphatic heterocycles. The second-order valence-corrected chi connectivity index (χ2v) is 9.05. The third-order valence-corrected chi connectivity index (χ3v) is 5.53. The van der Waals surface area contributed by atoms with Gasteiger partial charge >= 0.3 is 0 Å². The fraction of sp³-hybridized carbons (Fsp3) is 0.310. The number of nitrogens with one attached hydrogen (secondary N) is 1. The van der Waals surface area contributed by atoms with Gasteiger partial charge in [0, 0.05) is 19.0 Å². The van der Waals surface area contributed by atoms with Crippen LogP contribution in [0.3, 0.4) is 0 Å². The van der Waals surface area contributed by atoms with Gasteiger partial charge in [-0.3, -0.25) is 9.59 Å². The predicted octanol–water partition coefficient (Wildman–Crippen LogP) is 5.01. The van der Waals surface area contributed by atoms with E-state index in [0.29, 0.717) is 13.0 Å². The zero-order valence-corrected chi connectivity index (χ0v) is 20.0. The van der Waals surface area contributed by atoms with Crippen molar-refractivity contribution >= 4 is 11.8 Å². The predicted molar refractivity (Wildman–Crippen MR) is 134 cm³/mol. The summed E-state index contributed by atoms with van der Waals surface area (Å²) in [7, 11) is 0. The molecule has 1 N–H and O–H groups in total. The third kappa shape index (κ3) is 7.31. The van der Waals surface area contributed by atoms with Crippen molar-refractivity contribution in [3.63, 3.8) is 0 Å². The van der Waals surface area contributed by atoms with E-state index < -0.39 is 6.04 Å². The Morgan fingerprint density at radius 2 is 1.33 bits per heavy atom. The summed E-state index contributed by atoms with van der Waals surface area (Å²) in [5, 5.41) is 3.03. The van der Waals surface area contributed by atoms with Gasteiger partial charge in [0.1, 0.15) is 6.04 Å². The van der Waals surface area contributed by atoms with Crippen molar-refractivity contribution in [1.82, 2.24) is 10.2 Å². The molecule has 0 spiro atoms. The molecule has 1 atom stereocenters. The van der Waals surface area contributed by atoms with Crippen molar-refractivity contribution in [2.75, 3.05) is 0 Å². The third-order valence-electron chi connectivity index (χ3n) is 5.53. The first kappa shape index (κ1) is 24.2. The molecule has 0 aromatic heterocycles. The molecule has 33 heavy (non-hydrogen) atoms. The van der Waals surface area contributed by atoms with Crippen LogP contribution in [0.4, 0.5) is 0 Å². The fourth-order valence-corrected chi connectivity index (χ4v) is 4.16. The Kier molecular flexibility index (Phi) is 8.42. The molecule has 4 nitrogen and oxygen atoms in total. The van der Waals surface area contributed by atoms with Crippen LogP contribution in [-0.4, -0.2) is 28.8 Å². The van der Waals surface area contributed by atoms with Gasteiger partial charge < -0.3 is 10.2 Å². The van der Waals surface area contributed by atoms with Crippen molar-refractivity contribution < 1.29 is 9.59 Å². The van der Waals surface area contributed by atoms with Gasteiger partial charge in [0.2, 0.25) is 11.8 Å². The van der Waals surface area contributed by atoms with E-state index in [9.17, 15) is 9.59 Å². The number of hydrogen-bond acceptors (Lipinski definition) is 2. The number of aryl methyl sites for hydroxylation is 2. The molecule has 2 amide bonds. The maximum atomic E-state index is 13.7. The van der Waals surface area contributed by atoms with Crippen LogP contribution in [-0.2, 0) is 29.0 Å². The highest BCUT2D eigenvalue weighted by atomic mass is 16.2. The van der Waals surface area contributed by atoms with E-state index in [1.807, 2.05) is 100 Å². The van der Waals surface area contributed by atoms with Crippen LogP contribution in [0, 0.1) is 13.8 Å². The highest BCUT2D eigenvalue weighted by Crippen LogP contribution is 2.18. The minimum atomic E-state index is -0.603. The zero-order valence-electron chi connectivity index (χ0n) is 20.0. The smallest absolute Gasteiger partial charge is 0.243 e. The van der Waals surface area contributed by atoms with Crippen LogP contribution in [0.15, 0.2) is 78.9 Å². The SMILES string of the molecule is Cc1cc(C)cc(CC(=O)N(Cc2ccccc2)[C@H](Cc2ccccc2)C(=O)NC(C)C)c1. The minimum absolute atomic E-state index is 0.0103. The highest BCUT2D eigenvalue weighted by molar-refractivity contribution is 5.89. The average Bonchev–Trinajstić information content (AvgIpc) is 2.76. The molecule has 3 aromatic rings. The average molecular weight is 443 g/mol. The van der Waals surface area contributed by atoms with Crippen LogP contribution in [0.25, 0.3) is 0 Å². The Bertz CT molecular complexity index is 1040. The Labute approximate surface area is 197 Å². The van der Waals surface area contributed by atoms with Gasteiger partial charge in [-0.25, -0.2) is 0 Å². The summed E-state index contributed by atoms with van der Waals surface area (Å²) in [6.45, 7) is 8.34. The van der Waals surface area contributed by atoms with E-state index in [2.05, 4.69) is 11.4 Å². The van der Waals surface area contributed by atoms with Crippen molar-refractivity contribution in [1.29, 1.82) is 0 Å². The van der Waals surface area contributed by atoms with Crippen LogP contribution in [0.5, 0.6) is 0 Å². The van der Waals surface area contributed by atoms with E-state index in [1.165, 1.54) is 0 Å². The molecular formula is C29H34N2O2. The van der Waals surface area contributed by atoms with E-state index in [4.69, 9.17) is 0 Å². The molecule has 0 bridgehead atoms. The largest absolute Gasteiger partial charge is 0.352 e. The molecule has 0 saturated heterocycles. The van der Waals surface area contributed by atoms with Crippen LogP contribution in [0.2, 0.25) is 0 Å². The summed E-state index contributed by atoms with van der Waals surface area (Å²) < 4.78 is 0. The molecule has 172 valence electrons. The molecule has 4 heteroatoms. The van der Waals surface area contributed by atoms with Gasteiger partial charge in [0.05, 0.1) is 6.42 Å². The lowest BCUT2D eigenvalue weighted by Gasteiger charge is -2.32. The standard InChI is InChI=1S/C29H34N2O2/c1-21(2)30-29(33)27(18-24-11-7-5-8-12-24)31(20-25-13-9-6-10-14-25)28(32)19-26-16-22(3)15-23(4)17-26/h5-17,21,27H,18-20H2,1-4H3,(H,30,33)/t27-/m1/s1. The Hall–Kier alpha value is -3.40. The fourth-order valence-electron chi connectivity index (χ4n) is 4.16. The van der Waals surface area contributed by atoms with Crippen molar-refractivity contribution in [3.8, 4) is 0 Å². The quantitative estimate of drug-likeness (QED) is 0.506. The van der Waals surface area contributed by atoms with Crippen molar-refractivity contribution in [2.24, 2.45) is 0 Å². The van der Waals surface area contributed by atoms with Crippen LogP contribution in [0.1, 0.15) is 41.7 Å². The molecule has 3 aromatic carbocycles. The molecule has 3 rings (SSSR count). The van der Waals surface area contributed by atoms with E-state index in [-0.39, 0.29) is 24.3 Å². The molecule has 0 unspecified atom stereocenters. The summed E-state index contributed by atoms with van der Waals surface area (Å²) in [5.41, 5.74) is 5.26. The summed E-state index contributed by atoms with van der Waals surface area (Å²) >= 11 is 0. The van der Waals surface area contributed by atoms with E-state index >= 15 is 0 Å². The van der Waals surface area contributed by atoms with Gasteiger partial charge in [0.15, 0.2) is 0 Å². The monoisotopic (exact) mass is 442 g/mol. The normalized spacial score (nSPS) is 11.8. The Balaban J connectivity index is 1.96. The van der Waals surface area contributed by atoms with Gasteiger partial charge in [-0.15, -0.1) is 0 Å². The number of carbonyl (C=O) groups is 2. The highest BCUT2D eigenvalue weighted by Gasteiger charge is 2.30. The zero-order chi connectivity index (χ0) is 23.8. The molecule has 0 aliphatic rings. The Morgan fingerprint density at radius 1 is 0.788 bits per heavy atom. The lowest BCUT2D eigenvalue weighted by atomic mass is 10.00. The first-order valence-corrected chi connectivity index (χ1v) is 11.6. The molecule has 0 aliphatic carbocycles. The molecule has 0 fully saturated rings. The molecular weight excluding hydrogens is 408 g/mol. The van der Waals surface area contributed by atoms with Gasteiger partial charge in [-0.1, -0.05) is 90.0 Å². The van der Waals surface area contributed by atoms with E-state index in [0.717, 1.165) is 27.8 Å². The number of rotatable bonds is 9. The number of amides is 2. The van der Waals surface area contributed by atoms with Gasteiger partial charge in [0.25, 0.3) is 0 Å². The topological polar surface area (TPSA) is 49.4 Å². The minimum Gasteiger partial charge on any atom is -0.352 e. The van der Waals surface area contributed by atoms with Gasteiger partial charge in [-0.05, 0) is 44.4 Å². The lowest BCUT2D eigenvalue weighted by molar-refractivity contribution is -0.141. The Morgan fingerprint density at radius 3 is 1.88 bits per heavy atom. The van der Waals surface area contributed by atoms with Crippen LogP contribution < -0.4 is 5.32 Å². The van der Waals surface area contributed by atoms with Crippen molar-refractivity contribution in [3.05, 3.63) is 107 Å². The second kappa shape index (κ2) is 11.5. The number of benzene rings is 3. The number of nitrogens with zero attached hydrogens (tertiary/aromatic N) is 1. The number of hydrogen-bond donors (Lipinski definition) is 1. The lowest BCUT2D eigenvalue weighted by Crippen LogP contribution is -2.52. The van der Waals surface area contributed by atoms with E-state index in [1.54, 1.807) is 4.90 Å². The first-order chi connectivity index (χ1) is 15.8. The van der Waals surface area contributed by atoms with Crippen molar-refractivity contribution in [2.45, 2.75) is 59.2 Å². The maximum Gasteiger partial charge on any atom is 0.243 e. The molecule has 0 radical (unpaired) electrons. The summed E-state index contributed by atoms with van der Waals surface area (Å²) in [4.78, 5) is 28.8. The summed E-state index contributed by atoms with van der Waals surface area (Å²) in [6.07, 6.45) is 0.723. The summed E-state index contributed by atoms with van der Waals surface area (Å²) in [5.74, 6) is -0.178. The maximum absolute atomic E-state index is 13.7. The number of carbonyl (C=O) groups excluding carboxylic acids is 2.